The number of aliphatic hydroxyl groups excluding tert-OH is 3. The van der Waals surface area contributed by atoms with Crippen LogP contribution in [0, 0.1) is 0 Å². The highest BCUT2D eigenvalue weighted by Gasteiger charge is 2.14. The van der Waals surface area contributed by atoms with Gasteiger partial charge >= 0.3 is 0 Å². The number of phenols is 3. The van der Waals surface area contributed by atoms with E-state index in [1.165, 1.54) is 27.4 Å². The Morgan fingerprint density at radius 1 is 0.538 bits per heavy atom. The third kappa shape index (κ3) is 10.2. The van der Waals surface area contributed by atoms with E-state index in [2.05, 4.69) is 0 Å². The minimum atomic E-state index is -0.576. The van der Waals surface area contributed by atoms with E-state index < -0.39 is 18.3 Å². The Hall–Kier alpha value is -3.66. The van der Waals surface area contributed by atoms with Crippen molar-refractivity contribution < 1.29 is 44.8 Å². The van der Waals surface area contributed by atoms with Crippen LogP contribution in [0.25, 0.3) is 0 Å². The van der Waals surface area contributed by atoms with E-state index in [0.717, 1.165) is 11.1 Å². The average molecular weight is 547 g/mol. The van der Waals surface area contributed by atoms with Gasteiger partial charge in [0.1, 0.15) is 5.75 Å². The van der Waals surface area contributed by atoms with E-state index in [-0.39, 0.29) is 17.2 Å². The van der Waals surface area contributed by atoms with Gasteiger partial charge in [0.15, 0.2) is 23.0 Å². The molecule has 0 saturated carbocycles. The molecule has 3 rings (SSSR count). The first kappa shape index (κ1) is 33.4. The van der Waals surface area contributed by atoms with E-state index >= 15 is 0 Å². The van der Waals surface area contributed by atoms with Crippen molar-refractivity contribution in [3.8, 4) is 34.5 Å². The van der Waals surface area contributed by atoms with Crippen molar-refractivity contribution in [2.24, 2.45) is 0 Å². The van der Waals surface area contributed by atoms with E-state index in [0.29, 0.717) is 42.1 Å². The Morgan fingerprint density at radius 2 is 0.923 bits per heavy atom. The molecule has 9 nitrogen and oxygen atoms in total. The fourth-order valence-corrected chi connectivity index (χ4v) is 3.41. The molecule has 0 bridgehead atoms. The third-order valence-electron chi connectivity index (χ3n) is 5.91. The standard InChI is InChI=1S/C11H16O4.C10H14O3.C9H12O2/c1-4-8(12)7-5-9(14-2)11(13)10(6-7)15-3;1-3-8(11)7-4-5-9(12)10(6-7)13-2;1-2-9(11)7-3-5-8(10)6-4-7/h5-6,8,12-13H,4H2,1-3H3;4-6,8,11-12H,3H2,1-2H3;3-6,9-11H,2H2,1H3. The number of methoxy groups -OCH3 is 3. The second-order valence-electron chi connectivity index (χ2n) is 8.57. The zero-order valence-corrected chi connectivity index (χ0v) is 23.5. The molecule has 0 aliphatic rings. The highest BCUT2D eigenvalue weighted by atomic mass is 16.5. The highest BCUT2D eigenvalue weighted by molar-refractivity contribution is 5.53. The van der Waals surface area contributed by atoms with Crippen LogP contribution in [-0.2, 0) is 0 Å². The van der Waals surface area contributed by atoms with Crippen LogP contribution in [0.5, 0.6) is 34.5 Å². The lowest BCUT2D eigenvalue weighted by atomic mass is 10.1. The molecule has 0 aliphatic carbocycles. The van der Waals surface area contributed by atoms with Gasteiger partial charge in [0, 0.05) is 0 Å². The van der Waals surface area contributed by atoms with Gasteiger partial charge in [-0.25, -0.2) is 0 Å². The molecule has 0 amide bonds. The summed E-state index contributed by atoms with van der Waals surface area (Å²) in [5, 5.41) is 56.4. The van der Waals surface area contributed by atoms with Crippen molar-refractivity contribution in [3.05, 3.63) is 71.3 Å². The van der Waals surface area contributed by atoms with Crippen LogP contribution in [-0.4, -0.2) is 52.0 Å². The van der Waals surface area contributed by atoms with Crippen molar-refractivity contribution in [1.82, 2.24) is 0 Å². The molecule has 0 heterocycles. The van der Waals surface area contributed by atoms with Gasteiger partial charge in [-0.15, -0.1) is 0 Å². The Balaban J connectivity index is 0.000000296. The molecule has 0 fully saturated rings. The Morgan fingerprint density at radius 3 is 1.36 bits per heavy atom. The highest BCUT2D eigenvalue weighted by Crippen LogP contribution is 2.39. The molecule has 0 radical (unpaired) electrons. The van der Waals surface area contributed by atoms with Gasteiger partial charge in [-0.1, -0.05) is 39.0 Å². The Bertz CT molecular complexity index is 1090. The van der Waals surface area contributed by atoms with Crippen LogP contribution in [0.4, 0.5) is 0 Å². The monoisotopic (exact) mass is 546 g/mol. The number of ether oxygens (including phenoxy) is 3. The molecule has 9 heteroatoms. The SMILES string of the molecule is CCC(O)c1cc(OC)c(O)c(OC)c1.CCC(O)c1ccc(O)c(OC)c1.CCC(O)c1ccc(O)cc1. The minimum absolute atomic E-state index is 0.0490. The number of benzene rings is 3. The zero-order valence-electron chi connectivity index (χ0n) is 23.5. The van der Waals surface area contributed by atoms with Gasteiger partial charge in [-0.3, -0.25) is 0 Å². The van der Waals surface area contributed by atoms with Gasteiger partial charge < -0.3 is 44.8 Å². The lowest BCUT2D eigenvalue weighted by molar-refractivity contribution is 0.172. The van der Waals surface area contributed by atoms with E-state index in [4.69, 9.17) is 19.3 Å². The Labute approximate surface area is 230 Å². The maximum atomic E-state index is 9.67. The number of hydrogen-bond donors (Lipinski definition) is 6. The van der Waals surface area contributed by atoms with Gasteiger partial charge in [0.2, 0.25) is 5.75 Å². The molecule has 0 aliphatic heterocycles. The van der Waals surface area contributed by atoms with E-state index in [1.807, 2.05) is 20.8 Å². The van der Waals surface area contributed by atoms with E-state index in [1.54, 1.807) is 48.5 Å². The first-order valence-corrected chi connectivity index (χ1v) is 12.7. The molecule has 216 valence electrons. The zero-order chi connectivity index (χ0) is 29.5. The van der Waals surface area contributed by atoms with Crippen molar-refractivity contribution in [1.29, 1.82) is 0 Å². The van der Waals surface area contributed by atoms with Crippen molar-refractivity contribution >= 4 is 0 Å². The summed E-state index contributed by atoms with van der Waals surface area (Å²) < 4.78 is 14.9. The predicted octanol–water partition coefficient (Wildman–Crippen LogP) is 5.53. The molecular weight excluding hydrogens is 504 g/mol. The number of rotatable bonds is 9. The van der Waals surface area contributed by atoms with Gasteiger partial charge in [-0.05, 0) is 72.4 Å². The summed E-state index contributed by atoms with van der Waals surface area (Å²) in [7, 11) is 4.39. The van der Waals surface area contributed by atoms with Crippen molar-refractivity contribution in [2.45, 2.75) is 58.3 Å². The molecule has 3 aromatic rings. The predicted molar refractivity (Wildman–Crippen MR) is 150 cm³/mol. The van der Waals surface area contributed by atoms with Gasteiger partial charge in [-0.2, -0.15) is 0 Å². The smallest absolute Gasteiger partial charge is 0.200 e. The van der Waals surface area contributed by atoms with Crippen LogP contribution in [0.2, 0.25) is 0 Å². The van der Waals surface area contributed by atoms with Crippen molar-refractivity contribution in [3.63, 3.8) is 0 Å². The summed E-state index contributed by atoms with van der Waals surface area (Å²) in [6, 6.07) is 14.7. The van der Waals surface area contributed by atoms with Crippen LogP contribution in [0.15, 0.2) is 54.6 Å². The lowest BCUT2D eigenvalue weighted by Crippen LogP contribution is -1.98. The topological polar surface area (TPSA) is 149 Å². The molecule has 0 aromatic heterocycles. The van der Waals surface area contributed by atoms with Crippen molar-refractivity contribution in [2.75, 3.05) is 21.3 Å². The maximum absolute atomic E-state index is 9.67. The molecule has 3 aromatic carbocycles. The summed E-state index contributed by atoms with van der Waals surface area (Å²) in [4.78, 5) is 0. The number of aromatic hydroxyl groups is 3. The summed E-state index contributed by atoms with van der Waals surface area (Å²) in [6.45, 7) is 5.68. The summed E-state index contributed by atoms with van der Waals surface area (Å²) >= 11 is 0. The first-order chi connectivity index (χ1) is 18.6. The van der Waals surface area contributed by atoms with Crippen LogP contribution < -0.4 is 14.2 Å². The molecule has 3 unspecified atom stereocenters. The molecule has 6 N–H and O–H groups in total. The summed E-state index contributed by atoms with van der Waals surface area (Å²) in [5.74, 6) is 1.28. The summed E-state index contributed by atoms with van der Waals surface area (Å²) in [6.07, 6.45) is 0.467. The van der Waals surface area contributed by atoms with Crippen LogP contribution in [0.3, 0.4) is 0 Å². The second-order valence-corrected chi connectivity index (χ2v) is 8.57. The molecular formula is C30H42O9. The quantitative estimate of drug-likeness (QED) is 0.204. The number of aliphatic hydroxyl groups is 3. The number of hydrogen-bond acceptors (Lipinski definition) is 9. The molecule has 3 atom stereocenters. The Kier molecular flexibility index (Phi) is 14.6. The van der Waals surface area contributed by atoms with E-state index in [9.17, 15) is 25.5 Å². The number of phenolic OH excluding ortho intramolecular Hbond substituents is 3. The van der Waals surface area contributed by atoms with Crippen LogP contribution in [0.1, 0.15) is 75.0 Å². The van der Waals surface area contributed by atoms with Gasteiger partial charge in [0.25, 0.3) is 0 Å². The first-order valence-electron chi connectivity index (χ1n) is 12.7. The molecule has 0 saturated heterocycles. The largest absolute Gasteiger partial charge is 0.508 e. The fraction of sp³-hybridized carbons (Fsp3) is 0.400. The average Bonchev–Trinajstić information content (AvgIpc) is 2.97. The molecule has 0 spiro atoms. The molecule has 39 heavy (non-hydrogen) atoms. The summed E-state index contributed by atoms with van der Waals surface area (Å²) in [5.41, 5.74) is 2.28. The second kappa shape index (κ2) is 17.0. The minimum Gasteiger partial charge on any atom is -0.508 e. The fourth-order valence-electron chi connectivity index (χ4n) is 3.41. The normalized spacial score (nSPS) is 12.5. The van der Waals surface area contributed by atoms with Crippen LogP contribution >= 0.6 is 0 Å². The maximum Gasteiger partial charge on any atom is 0.200 e. The lowest BCUT2D eigenvalue weighted by Gasteiger charge is -2.13. The van der Waals surface area contributed by atoms with Gasteiger partial charge in [0.05, 0.1) is 39.6 Å². The third-order valence-corrected chi connectivity index (χ3v) is 5.91.